The fourth-order valence-electron chi connectivity index (χ4n) is 5.63. The minimum atomic E-state index is 0.872. The summed E-state index contributed by atoms with van der Waals surface area (Å²) in [6.07, 6.45) is 0. The van der Waals surface area contributed by atoms with Gasteiger partial charge in [0.05, 0.1) is 14.2 Å². The van der Waals surface area contributed by atoms with Gasteiger partial charge < -0.3 is 9.47 Å². The Morgan fingerprint density at radius 1 is 0.316 bits per heavy atom. The van der Waals surface area contributed by atoms with Crippen LogP contribution >= 0.6 is 0 Å². The largest absolute Gasteiger partial charge is 0.497 e. The van der Waals surface area contributed by atoms with Gasteiger partial charge in [0.1, 0.15) is 11.5 Å². The third kappa shape index (κ3) is 3.65. The predicted octanol–water partition coefficient (Wildman–Crippen LogP) is 9.65. The Hall–Kier alpha value is -4.82. The summed E-state index contributed by atoms with van der Waals surface area (Å²) in [5.41, 5.74) is 4.79. The summed E-state index contributed by atoms with van der Waals surface area (Å²) in [6.45, 7) is 0. The van der Waals surface area contributed by atoms with Crippen LogP contribution in [0.2, 0.25) is 0 Å². The first-order chi connectivity index (χ1) is 18.7. The number of hydrogen-bond donors (Lipinski definition) is 0. The topological polar surface area (TPSA) is 18.5 Å². The molecule has 0 bridgehead atoms. The van der Waals surface area contributed by atoms with Crippen LogP contribution in [0.15, 0.2) is 121 Å². The summed E-state index contributed by atoms with van der Waals surface area (Å²) < 4.78 is 10.6. The fraction of sp³-hybridized carbons (Fsp3) is 0.0556. The van der Waals surface area contributed by atoms with E-state index in [0.717, 1.165) is 11.5 Å². The van der Waals surface area contributed by atoms with Gasteiger partial charge in [0.2, 0.25) is 0 Å². The molecule has 0 unspecified atom stereocenters. The van der Waals surface area contributed by atoms with E-state index in [2.05, 4.69) is 97.1 Å². The van der Waals surface area contributed by atoms with Crippen LogP contribution < -0.4 is 9.47 Å². The van der Waals surface area contributed by atoms with Gasteiger partial charge in [0, 0.05) is 0 Å². The van der Waals surface area contributed by atoms with Gasteiger partial charge in [-0.1, -0.05) is 84.9 Å². The zero-order valence-electron chi connectivity index (χ0n) is 21.4. The zero-order chi connectivity index (χ0) is 25.6. The van der Waals surface area contributed by atoms with Crippen molar-refractivity contribution < 1.29 is 9.47 Å². The van der Waals surface area contributed by atoms with Gasteiger partial charge in [-0.2, -0.15) is 0 Å². The Labute approximate surface area is 221 Å². The van der Waals surface area contributed by atoms with E-state index in [1.54, 1.807) is 14.2 Å². The zero-order valence-corrected chi connectivity index (χ0v) is 21.4. The first-order valence-electron chi connectivity index (χ1n) is 12.8. The van der Waals surface area contributed by atoms with Crippen molar-refractivity contribution in [2.24, 2.45) is 0 Å². The van der Waals surface area contributed by atoms with E-state index in [0.29, 0.717) is 0 Å². The highest BCUT2D eigenvalue weighted by Crippen LogP contribution is 2.37. The minimum absolute atomic E-state index is 0.872. The predicted molar refractivity (Wildman–Crippen MR) is 160 cm³/mol. The van der Waals surface area contributed by atoms with E-state index in [4.69, 9.17) is 9.47 Å². The molecule has 182 valence electrons. The van der Waals surface area contributed by atoms with Crippen molar-refractivity contribution in [3.8, 4) is 33.8 Å². The molecule has 0 saturated carbocycles. The van der Waals surface area contributed by atoms with Crippen LogP contribution in [-0.4, -0.2) is 14.2 Å². The van der Waals surface area contributed by atoms with Crippen molar-refractivity contribution in [1.82, 2.24) is 0 Å². The quantitative estimate of drug-likeness (QED) is 0.229. The van der Waals surface area contributed by atoms with Gasteiger partial charge in [-0.15, -0.1) is 0 Å². The molecular weight excluding hydrogens is 464 g/mol. The summed E-state index contributed by atoms with van der Waals surface area (Å²) in [6, 6.07) is 43.6. The molecule has 0 aliphatic carbocycles. The van der Waals surface area contributed by atoms with E-state index in [1.165, 1.54) is 65.3 Å². The summed E-state index contributed by atoms with van der Waals surface area (Å²) in [5, 5.41) is 10.2. The lowest BCUT2D eigenvalue weighted by Crippen LogP contribution is -1.86. The monoisotopic (exact) mass is 490 g/mol. The maximum atomic E-state index is 5.31. The molecule has 0 aromatic heterocycles. The normalized spacial score (nSPS) is 11.4. The number of fused-ring (bicyclic) bond motifs is 7. The smallest absolute Gasteiger partial charge is 0.118 e. The number of benzene rings is 7. The molecule has 38 heavy (non-hydrogen) atoms. The van der Waals surface area contributed by atoms with E-state index in [-0.39, 0.29) is 0 Å². The molecule has 0 atom stereocenters. The SMILES string of the molecule is COc1ccc(-c2ccc3c(ccc4c3ccc3c5ccc(-c6ccc(OC)cc6)cc5ccc34)c2)cc1. The van der Waals surface area contributed by atoms with Crippen molar-refractivity contribution in [2.45, 2.75) is 0 Å². The molecule has 0 amide bonds. The highest BCUT2D eigenvalue weighted by molar-refractivity contribution is 6.22. The van der Waals surface area contributed by atoms with E-state index < -0.39 is 0 Å². The van der Waals surface area contributed by atoms with Crippen LogP contribution in [0, 0.1) is 0 Å². The Morgan fingerprint density at radius 2 is 0.632 bits per heavy atom. The summed E-state index contributed by atoms with van der Waals surface area (Å²) in [5.74, 6) is 1.74. The van der Waals surface area contributed by atoms with Crippen LogP contribution in [-0.2, 0) is 0 Å². The fourth-order valence-corrected chi connectivity index (χ4v) is 5.63. The first-order valence-corrected chi connectivity index (χ1v) is 12.8. The summed E-state index contributed by atoms with van der Waals surface area (Å²) in [7, 11) is 3.39. The highest BCUT2D eigenvalue weighted by atomic mass is 16.5. The van der Waals surface area contributed by atoms with Crippen molar-refractivity contribution in [2.75, 3.05) is 14.2 Å². The lowest BCUT2D eigenvalue weighted by Gasteiger charge is -2.12. The van der Waals surface area contributed by atoms with E-state index in [9.17, 15) is 0 Å². The second kappa shape index (κ2) is 8.93. The van der Waals surface area contributed by atoms with Crippen LogP contribution in [0.25, 0.3) is 65.3 Å². The average molecular weight is 491 g/mol. The van der Waals surface area contributed by atoms with Crippen molar-refractivity contribution in [3.63, 3.8) is 0 Å². The molecule has 0 heterocycles. The Kier molecular flexibility index (Phi) is 5.26. The summed E-state index contributed by atoms with van der Waals surface area (Å²) >= 11 is 0. The van der Waals surface area contributed by atoms with Gasteiger partial charge in [-0.05, 0) is 102 Å². The lowest BCUT2D eigenvalue weighted by atomic mass is 9.92. The Morgan fingerprint density at radius 3 is 1.03 bits per heavy atom. The molecule has 2 heteroatoms. The van der Waals surface area contributed by atoms with Crippen LogP contribution in [0.4, 0.5) is 0 Å². The highest BCUT2D eigenvalue weighted by Gasteiger charge is 2.10. The number of rotatable bonds is 4. The molecule has 0 aliphatic heterocycles. The Balaban J connectivity index is 1.33. The number of methoxy groups -OCH3 is 2. The maximum Gasteiger partial charge on any atom is 0.118 e. The summed E-state index contributed by atoms with van der Waals surface area (Å²) in [4.78, 5) is 0. The van der Waals surface area contributed by atoms with Gasteiger partial charge in [-0.3, -0.25) is 0 Å². The van der Waals surface area contributed by atoms with Crippen molar-refractivity contribution in [1.29, 1.82) is 0 Å². The molecule has 2 nitrogen and oxygen atoms in total. The Bertz CT molecular complexity index is 1820. The molecule has 0 fully saturated rings. The molecular formula is C36H26O2. The third-order valence-corrected chi connectivity index (χ3v) is 7.68. The van der Waals surface area contributed by atoms with Crippen molar-refractivity contribution in [3.05, 3.63) is 121 Å². The molecule has 0 N–H and O–H groups in total. The van der Waals surface area contributed by atoms with Gasteiger partial charge in [0.15, 0.2) is 0 Å². The maximum absolute atomic E-state index is 5.31. The van der Waals surface area contributed by atoms with Crippen LogP contribution in [0.3, 0.4) is 0 Å². The molecule has 0 aliphatic rings. The number of hydrogen-bond acceptors (Lipinski definition) is 2. The minimum Gasteiger partial charge on any atom is -0.497 e. The van der Waals surface area contributed by atoms with Crippen LogP contribution in [0.5, 0.6) is 11.5 Å². The molecule has 0 radical (unpaired) electrons. The van der Waals surface area contributed by atoms with Crippen molar-refractivity contribution >= 4 is 43.1 Å². The second-order valence-corrected chi connectivity index (χ2v) is 9.72. The van der Waals surface area contributed by atoms with Gasteiger partial charge >= 0.3 is 0 Å². The third-order valence-electron chi connectivity index (χ3n) is 7.68. The second-order valence-electron chi connectivity index (χ2n) is 9.72. The molecule has 7 rings (SSSR count). The van der Waals surface area contributed by atoms with Gasteiger partial charge in [-0.25, -0.2) is 0 Å². The van der Waals surface area contributed by atoms with E-state index >= 15 is 0 Å². The molecule has 7 aromatic carbocycles. The van der Waals surface area contributed by atoms with Gasteiger partial charge in [0.25, 0.3) is 0 Å². The molecule has 0 saturated heterocycles. The molecule has 7 aromatic rings. The average Bonchev–Trinajstić information content (AvgIpc) is 3.00. The standard InChI is InChI=1S/C36H26O2/c1-37-29-11-3-23(4-12-29)25-7-15-31-27(21-25)9-17-35-33(31)19-20-34-32-16-8-26(22-28(32)10-18-36(34)35)24-5-13-30(38-2)14-6-24/h3-22H,1-2H3. The van der Waals surface area contributed by atoms with E-state index in [1.807, 2.05) is 24.3 Å². The lowest BCUT2D eigenvalue weighted by molar-refractivity contribution is 0.415. The van der Waals surface area contributed by atoms with Crippen LogP contribution in [0.1, 0.15) is 0 Å². The first kappa shape index (κ1) is 22.4. The molecule has 0 spiro atoms. The number of ether oxygens (including phenoxy) is 2.